The molecule has 11 heavy (non-hydrogen) atoms. The molecular weight excluding hydrogens is 158 g/mol. The third-order valence-electron chi connectivity index (χ3n) is 1.58. The highest BCUT2D eigenvalue weighted by Crippen LogP contribution is 2.15. The van der Waals surface area contributed by atoms with Gasteiger partial charge in [-0.25, -0.2) is 0 Å². The second kappa shape index (κ2) is 2.20. The number of thiophene rings is 1. The fraction of sp³-hybridized carbons (Fsp3) is 0.125. The van der Waals surface area contributed by atoms with Gasteiger partial charge in [0.2, 0.25) is 0 Å². The van der Waals surface area contributed by atoms with Gasteiger partial charge >= 0.3 is 0 Å². The summed E-state index contributed by atoms with van der Waals surface area (Å²) in [6.07, 6.45) is 0. The summed E-state index contributed by atoms with van der Waals surface area (Å²) in [5.74, 6) is 0. The molecule has 2 heterocycles. The van der Waals surface area contributed by atoms with E-state index < -0.39 is 0 Å². The maximum atomic E-state index is 11.2. The molecule has 0 amide bonds. The molecule has 1 N–H and O–H groups in total. The van der Waals surface area contributed by atoms with Crippen LogP contribution in [-0.4, -0.2) is 4.98 Å². The van der Waals surface area contributed by atoms with E-state index in [-0.39, 0.29) is 5.56 Å². The van der Waals surface area contributed by atoms with Gasteiger partial charge in [-0.1, -0.05) is 0 Å². The van der Waals surface area contributed by atoms with Crippen molar-refractivity contribution in [1.29, 1.82) is 0 Å². The van der Waals surface area contributed by atoms with Crippen molar-refractivity contribution in [3.8, 4) is 0 Å². The lowest BCUT2D eigenvalue weighted by Crippen LogP contribution is -2.04. The van der Waals surface area contributed by atoms with E-state index in [1.54, 1.807) is 0 Å². The Morgan fingerprint density at radius 3 is 3.18 bits per heavy atom. The van der Waals surface area contributed by atoms with Gasteiger partial charge in [-0.15, -0.1) is 11.3 Å². The molecule has 2 nitrogen and oxygen atoms in total. The van der Waals surface area contributed by atoms with E-state index in [9.17, 15) is 4.79 Å². The van der Waals surface area contributed by atoms with Crippen molar-refractivity contribution in [3.05, 3.63) is 33.6 Å². The zero-order chi connectivity index (χ0) is 7.84. The average Bonchev–Trinajstić information content (AvgIpc) is 2.34. The Morgan fingerprint density at radius 1 is 1.55 bits per heavy atom. The van der Waals surface area contributed by atoms with E-state index >= 15 is 0 Å². The van der Waals surface area contributed by atoms with Crippen LogP contribution in [0.4, 0.5) is 0 Å². The molecule has 0 bridgehead atoms. The Labute approximate surface area is 67.5 Å². The number of pyridine rings is 1. The first-order valence-corrected chi connectivity index (χ1v) is 4.22. The minimum atomic E-state index is 0.0231. The summed E-state index contributed by atoms with van der Waals surface area (Å²) in [7, 11) is 0. The number of aromatic amines is 1. The molecule has 0 spiro atoms. The van der Waals surface area contributed by atoms with Crippen molar-refractivity contribution in [2.45, 2.75) is 6.92 Å². The van der Waals surface area contributed by atoms with Crippen molar-refractivity contribution in [1.82, 2.24) is 4.98 Å². The zero-order valence-corrected chi connectivity index (χ0v) is 6.87. The van der Waals surface area contributed by atoms with E-state index in [1.807, 2.05) is 24.4 Å². The summed E-state index contributed by atoms with van der Waals surface area (Å²) >= 11 is 1.48. The lowest BCUT2D eigenvalue weighted by atomic mass is 10.3. The molecule has 0 aliphatic rings. The molecule has 0 aliphatic heterocycles. The van der Waals surface area contributed by atoms with E-state index in [1.165, 1.54) is 11.3 Å². The molecule has 2 rings (SSSR count). The Hall–Kier alpha value is -1.09. The highest BCUT2D eigenvalue weighted by atomic mass is 32.1. The minimum Gasteiger partial charge on any atom is -0.325 e. The number of hydrogen-bond donors (Lipinski definition) is 1. The topological polar surface area (TPSA) is 32.9 Å². The fourth-order valence-electron chi connectivity index (χ4n) is 1.12. The second-order valence-corrected chi connectivity index (χ2v) is 3.40. The number of aryl methyl sites for hydroxylation is 1. The number of fused-ring (bicyclic) bond motifs is 1. The highest BCUT2D eigenvalue weighted by molar-refractivity contribution is 7.17. The van der Waals surface area contributed by atoms with E-state index in [2.05, 4.69) is 4.98 Å². The molecule has 0 atom stereocenters. The number of H-pyrrole nitrogens is 1. The summed E-state index contributed by atoms with van der Waals surface area (Å²) in [6, 6.07) is 3.94. The third kappa shape index (κ3) is 0.973. The van der Waals surface area contributed by atoms with Gasteiger partial charge < -0.3 is 4.98 Å². The lowest BCUT2D eigenvalue weighted by Gasteiger charge is -1.90. The van der Waals surface area contributed by atoms with Gasteiger partial charge in [0.15, 0.2) is 0 Å². The smallest absolute Gasteiger partial charge is 0.266 e. The van der Waals surface area contributed by atoms with Gasteiger partial charge in [-0.05, 0) is 29.8 Å². The minimum absolute atomic E-state index is 0.0231. The number of aromatic nitrogens is 1. The Morgan fingerprint density at radius 2 is 2.36 bits per heavy atom. The standard InChI is InChI=1S/C8H7NOS/c1-5-4-6-2-3-11-7(6)8(10)9-5/h2-4H,1H3,(H,9,10). The van der Waals surface area contributed by atoms with Gasteiger partial charge in [-0.3, -0.25) is 4.79 Å². The van der Waals surface area contributed by atoms with Crippen LogP contribution < -0.4 is 5.56 Å². The predicted octanol–water partition coefficient (Wildman–Crippen LogP) is 1.90. The summed E-state index contributed by atoms with van der Waals surface area (Å²) in [5.41, 5.74) is 0.941. The van der Waals surface area contributed by atoms with Crippen LogP contribution in [-0.2, 0) is 0 Å². The van der Waals surface area contributed by atoms with E-state index in [4.69, 9.17) is 0 Å². The number of rotatable bonds is 0. The Bertz CT molecular complexity index is 441. The maximum Gasteiger partial charge on any atom is 0.266 e. The van der Waals surface area contributed by atoms with E-state index in [0.717, 1.165) is 15.8 Å². The van der Waals surface area contributed by atoms with Gasteiger partial charge in [0.25, 0.3) is 5.56 Å². The first kappa shape index (κ1) is 6.61. The van der Waals surface area contributed by atoms with Crippen LogP contribution in [0.1, 0.15) is 5.69 Å². The molecular formula is C8H7NOS. The van der Waals surface area contributed by atoms with Crippen LogP contribution in [0.5, 0.6) is 0 Å². The third-order valence-corrected chi connectivity index (χ3v) is 2.51. The lowest BCUT2D eigenvalue weighted by molar-refractivity contribution is 1.18. The molecule has 0 aromatic carbocycles. The number of hydrogen-bond acceptors (Lipinski definition) is 2. The first-order chi connectivity index (χ1) is 5.27. The molecule has 2 aromatic heterocycles. The average molecular weight is 165 g/mol. The van der Waals surface area contributed by atoms with Crippen LogP contribution in [0.2, 0.25) is 0 Å². The largest absolute Gasteiger partial charge is 0.325 e. The van der Waals surface area contributed by atoms with Crippen LogP contribution in [0, 0.1) is 6.92 Å². The summed E-state index contributed by atoms with van der Waals surface area (Å²) in [4.78, 5) is 14.0. The summed E-state index contributed by atoms with van der Waals surface area (Å²) < 4.78 is 0.815. The molecule has 0 fully saturated rings. The summed E-state index contributed by atoms with van der Waals surface area (Å²) in [6.45, 7) is 1.89. The van der Waals surface area contributed by atoms with Crippen molar-refractivity contribution in [2.75, 3.05) is 0 Å². The Balaban J connectivity index is 3.02. The predicted molar refractivity (Wildman–Crippen MR) is 47.2 cm³/mol. The molecule has 0 saturated heterocycles. The molecule has 0 saturated carbocycles. The van der Waals surface area contributed by atoms with Gasteiger partial charge in [0.05, 0.1) is 4.70 Å². The molecule has 0 unspecified atom stereocenters. The summed E-state index contributed by atoms with van der Waals surface area (Å²) in [5, 5.41) is 2.97. The van der Waals surface area contributed by atoms with Gasteiger partial charge in [0, 0.05) is 5.69 Å². The van der Waals surface area contributed by atoms with E-state index in [0.29, 0.717) is 0 Å². The number of nitrogens with one attached hydrogen (secondary N) is 1. The van der Waals surface area contributed by atoms with Crippen molar-refractivity contribution < 1.29 is 0 Å². The van der Waals surface area contributed by atoms with Crippen LogP contribution in [0.25, 0.3) is 10.1 Å². The SMILES string of the molecule is Cc1cc2ccsc2c(=O)[nH]1. The van der Waals surface area contributed by atoms with Crippen LogP contribution in [0.15, 0.2) is 22.3 Å². The molecule has 3 heteroatoms. The van der Waals surface area contributed by atoms with Crippen molar-refractivity contribution in [2.24, 2.45) is 0 Å². The second-order valence-electron chi connectivity index (χ2n) is 2.49. The van der Waals surface area contributed by atoms with Crippen molar-refractivity contribution >= 4 is 21.4 Å². The Kier molecular flexibility index (Phi) is 1.32. The zero-order valence-electron chi connectivity index (χ0n) is 6.05. The van der Waals surface area contributed by atoms with Gasteiger partial charge in [0.1, 0.15) is 0 Å². The molecule has 0 aliphatic carbocycles. The first-order valence-electron chi connectivity index (χ1n) is 3.34. The molecule has 0 radical (unpaired) electrons. The van der Waals surface area contributed by atoms with Crippen molar-refractivity contribution in [3.63, 3.8) is 0 Å². The molecule has 2 aromatic rings. The highest BCUT2D eigenvalue weighted by Gasteiger charge is 1.98. The fourth-order valence-corrected chi connectivity index (χ4v) is 1.89. The maximum absolute atomic E-state index is 11.2. The van der Waals surface area contributed by atoms with Gasteiger partial charge in [-0.2, -0.15) is 0 Å². The molecule has 56 valence electrons. The quantitative estimate of drug-likeness (QED) is 0.635. The monoisotopic (exact) mass is 165 g/mol. The normalized spacial score (nSPS) is 10.6. The van der Waals surface area contributed by atoms with Crippen LogP contribution in [0.3, 0.4) is 0 Å². The van der Waals surface area contributed by atoms with Crippen LogP contribution >= 0.6 is 11.3 Å².